The highest BCUT2D eigenvalue weighted by Crippen LogP contribution is 2.27. The summed E-state index contributed by atoms with van der Waals surface area (Å²) in [6, 6.07) is 7.68. The minimum absolute atomic E-state index is 0.550. The maximum atomic E-state index is 5.82. The molecule has 2 aromatic rings. The smallest absolute Gasteiger partial charge is 0.224 e. The van der Waals surface area contributed by atoms with Crippen molar-refractivity contribution >= 4 is 21.7 Å². The number of benzene rings is 1. The highest BCUT2D eigenvalue weighted by molar-refractivity contribution is 9.10. The average molecular weight is 322 g/mol. The first kappa shape index (κ1) is 13.8. The largest absolute Gasteiger partial charge is 0.439 e. The molecular formula is C14H16BrN3O. The molecule has 0 amide bonds. The number of hydrogen-bond acceptors (Lipinski definition) is 4. The van der Waals surface area contributed by atoms with Gasteiger partial charge in [-0.15, -0.1) is 0 Å². The second kappa shape index (κ2) is 6.02. The van der Waals surface area contributed by atoms with Gasteiger partial charge in [-0.2, -0.15) is 4.98 Å². The highest BCUT2D eigenvalue weighted by atomic mass is 79.9. The van der Waals surface area contributed by atoms with Crippen LogP contribution in [0.5, 0.6) is 11.6 Å². The van der Waals surface area contributed by atoms with Gasteiger partial charge in [0.1, 0.15) is 17.4 Å². The van der Waals surface area contributed by atoms with Crippen molar-refractivity contribution in [2.24, 2.45) is 0 Å². The van der Waals surface area contributed by atoms with Gasteiger partial charge in [0.25, 0.3) is 0 Å². The first-order chi connectivity index (χ1) is 9.08. The van der Waals surface area contributed by atoms with Crippen LogP contribution in [-0.2, 0) is 0 Å². The van der Waals surface area contributed by atoms with Gasteiger partial charge in [0.05, 0.1) is 0 Å². The molecule has 0 aliphatic heterocycles. The second-order valence-corrected chi connectivity index (χ2v) is 5.10. The summed E-state index contributed by atoms with van der Waals surface area (Å²) in [7, 11) is 0. The van der Waals surface area contributed by atoms with Crippen molar-refractivity contribution in [1.82, 2.24) is 9.97 Å². The van der Waals surface area contributed by atoms with Gasteiger partial charge < -0.3 is 10.1 Å². The van der Waals surface area contributed by atoms with Gasteiger partial charge in [0.2, 0.25) is 5.88 Å². The standard InChI is InChI=1S/C14H16BrN3O/c1-4-16-13-8-14(18-10(3)17-13)19-12-6-5-11(15)7-9(12)2/h5-8H,4H2,1-3H3,(H,16,17,18). The lowest BCUT2D eigenvalue weighted by Gasteiger charge is -2.10. The molecule has 0 fully saturated rings. The third kappa shape index (κ3) is 3.67. The Morgan fingerprint density at radius 1 is 1.21 bits per heavy atom. The van der Waals surface area contributed by atoms with Crippen molar-refractivity contribution in [2.75, 3.05) is 11.9 Å². The Morgan fingerprint density at radius 2 is 2.00 bits per heavy atom. The number of aromatic nitrogens is 2. The summed E-state index contributed by atoms with van der Waals surface area (Å²) in [6.07, 6.45) is 0. The predicted octanol–water partition coefficient (Wildman–Crippen LogP) is 4.08. The van der Waals surface area contributed by atoms with E-state index in [-0.39, 0.29) is 0 Å². The number of ether oxygens (including phenoxy) is 1. The molecule has 5 heteroatoms. The monoisotopic (exact) mass is 321 g/mol. The lowest BCUT2D eigenvalue weighted by molar-refractivity contribution is 0.456. The zero-order chi connectivity index (χ0) is 13.8. The predicted molar refractivity (Wildman–Crippen MR) is 79.9 cm³/mol. The lowest BCUT2D eigenvalue weighted by atomic mass is 10.2. The van der Waals surface area contributed by atoms with Crippen LogP contribution in [0.3, 0.4) is 0 Å². The Hall–Kier alpha value is -1.62. The number of rotatable bonds is 4. The Bertz CT molecular complexity index is 587. The molecule has 1 aromatic heterocycles. The summed E-state index contributed by atoms with van der Waals surface area (Å²) >= 11 is 3.43. The van der Waals surface area contributed by atoms with Gasteiger partial charge in [0.15, 0.2) is 0 Å². The van der Waals surface area contributed by atoms with Crippen LogP contribution < -0.4 is 10.1 Å². The topological polar surface area (TPSA) is 47.0 Å². The Balaban J connectivity index is 2.27. The third-order valence-electron chi connectivity index (χ3n) is 2.52. The number of nitrogens with one attached hydrogen (secondary N) is 1. The molecule has 0 aliphatic rings. The molecule has 1 heterocycles. The summed E-state index contributed by atoms with van der Waals surface area (Å²) in [6.45, 7) is 6.69. The van der Waals surface area contributed by atoms with E-state index in [1.807, 2.05) is 39.0 Å². The minimum atomic E-state index is 0.550. The van der Waals surface area contributed by atoms with Crippen molar-refractivity contribution in [2.45, 2.75) is 20.8 Å². The van der Waals surface area contributed by atoms with E-state index in [9.17, 15) is 0 Å². The zero-order valence-electron chi connectivity index (χ0n) is 11.2. The fourth-order valence-corrected chi connectivity index (χ4v) is 2.18. The lowest BCUT2D eigenvalue weighted by Crippen LogP contribution is -2.02. The molecule has 0 unspecified atom stereocenters. The molecule has 4 nitrogen and oxygen atoms in total. The summed E-state index contributed by atoms with van der Waals surface area (Å²) < 4.78 is 6.85. The third-order valence-corrected chi connectivity index (χ3v) is 3.02. The van der Waals surface area contributed by atoms with Gasteiger partial charge in [-0.1, -0.05) is 15.9 Å². The van der Waals surface area contributed by atoms with Crippen LogP contribution in [0.1, 0.15) is 18.3 Å². The molecule has 1 aromatic carbocycles. The number of hydrogen-bond donors (Lipinski definition) is 1. The van der Waals surface area contributed by atoms with Crippen molar-refractivity contribution in [1.29, 1.82) is 0 Å². The zero-order valence-corrected chi connectivity index (χ0v) is 12.8. The quantitative estimate of drug-likeness (QED) is 0.921. The van der Waals surface area contributed by atoms with Crippen molar-refractivity contribution in [3.8, 4) is 11.6 Å². The Kier molecular flexibility index (Phi) is 4.37. The van der Waals surface area contributed by atoms with Gasteiger partial charge >= 0.3 is 0 Å². The number of anilines is 1. The minimum Gasteiger partial charge on any atom is -0.439 e. The van der Waals surface area contributed by atoms with Crippen LogP contribution in [0.25, 0.3) is 0 Å². The second-order valence-electron chi connectivity index (χ2n) is 4.18. The van der Waals surface area contributed by atoms with E-state index < -0.39 is 0 Å². The Morgan fingerprint density at radius 3 is 2.68 bits per heavy atom. The molecule has 0 spiro atoms. The van der Waals surface area contributed by atoms with E-state index in [1.54, 1.807) is 6.07 Å². The van der Waals surface area contributed by atoms with Crippen LogP contribution in [0.4, 0.5) is 5.82 Å². The van der Waals surface area contributed by atoms with Crippen LogP contribution >= 0.6 is 15.9 Å². The van der Waals surface area contributed by atoms with Crippen LogP contribution in [0.15, 0.2) is 28.7 Å². The van der Waals surface area contributed by atoms with E-state index in [2.05, 4.69) is 31.2 Å². The van der Waals surface area contributed by atoms with Crippen molar-refractivity contribution in [3.63, 3.8) is 0 Å². The molecule has 0 radical (unpaired) electrons. The van der Waals surface area contributed by atoms with E-state index in [1.165, 1.54) is 0 Å². The van der Waals surface area contributed by atoms with E-state index >= 15 is 0 Å². The number of nitrogens with zero attached hydrogens (tertiary/aromatic N) is 2. The molecule has 2 rings (SSSR count). The fourth-order valence-electron chi connectivity index (χ4n) is 1.70. The first-order valence-electron chi connectivity index (χ1n) is 6.12. The number of aryl methyl sites for hydroxylation is 2. The van der Waals surface area contributed by atoms with Gasteiger partial charge in [-0.3, -0.25) is 0 Å². The van der Waals surface area contributed by atoms with E-state index in [4.69, 9.17) is 4.74 Å². The number of halogens is 1. The van der Waals surface area contributed by atoms with Gasteiger partial charge in [-0.05, 0) is 44.5 Å². The molecule has 0 saturated heterocycles. The molecule has 100 valence electrons. The van der Waals surface area contributed by atoms with E-state index in [0.717, 1.165) is 28.1 Å². The first-order valence-corrected chi connectivity index (χ1v) is 6.91. The maximum Gasteiger partial charge on any atom is 0.224 e. The van der Waals surface area contributed by atoms with Gasteiger partial charge in [0, 0.05) is 17.1 Å². The molecule has 1 N–H and O–H groups in total. The average Bonchev–Trinajstić information content (AvgIpc) is 2.32. The van der Waals surface area contributed by atoms with Crippen LogP contribution in [0, 0.1) is 13.8 Å². The van der Waals surface area contributed by atoms with Crippen molar-refractivity contribution in [3.05, 3.63) is 40.1 Å². The summed E-state index contributed by atoms with van der Waals surface area (Å²) in [5.74, 6) is 2.81. The summed E-state index contributed by atoms with van der Waals surface area (Å²) in [4.78, 5) is 8.58. The fraction of sp³-hybridized carbons (Fsp3) is 0.286. The molecule has 19 heavy (non-hydrogen) atoms. The van der Waals surface area contributed by atoms with Crippen molar-refractivity contribution < 1.29 is 4.74 Å². The SMILES string of the molecule is CCNc1cc(Oc2ccc(Br)cc2C)nc(C)n1. The molecular weight excluding hydrogens is 306 g/mol. The van der Waals surface area contributed by atoms with Crippen LogP contribution in [-0.4, -0.2) is 16.5 Å². The highest BCUT2D eigenvalue weighted by Gasteiger charge is 2.06. The maximum absolute atomic E-state index is 5.82. The summed E-state index contributed by atoms with van der Waals surface area (Å²) in [5.41, 5.74) is 1.05. The molecule has 0 atom stereocenters. The molecule has 0 saturated carbocycles. The van der Waals surface area contributed by atoms with Gasteiger partial charge in [-0.25, -0.2) is 4.98 Å². The van der Waals surface area contributed by atoms with Crippen LogP contribution in [0.2, 0.25) is 0 Å². The normalized spacial score (nSPS) is 10.3. The summed E-state index contributed by atoms with van der Waals surface area (Å²) in [5, 5.41) is 3.16. The Labute approximate surface area is 121 Å². The molecule has 0 bridgehead atoms. The van der Waals surface area contributed by atoms with E-state index in [0.29, 0.717) is 11.7 Å². The molecule has 0 aliphatic carbocycles.